The first-order valence-electron chi connectivity index (χ1n) is 8.58. The lowest BCUT2D eigenvalue weighted by Crippen LogP contribution is -2.74. The predicted molar refractivity (Wildman–Crippen MR) is 84.5 cm³/mol. The molecule has 1 amide bonds. The number of carbonyl (C=O) groups is 1. The lowest BCUT2D eigenvalue weighted by Gasteiger charge is -2.41. The van der Waals surface area contributed by atoms with Crippen molar-refractivity contribution in [1.82, 2.24) is 5.32 Å². The summed E-state index contributed by atoms with van der Waals surface area (Å²) < 4.78 is 210. The molecule has 1 aromatic rings. The average molecular weight is 583 g/mol. The summed E-state index contributed by atoms with van der Waals surface area (Å²) in [5.41, 5.74) is 0. The molecule has 0 saturated carbocycles. The second kappa shape index (κ2) is 8.82. The largest absolute Gasteiger partial charge is 0.485 e. The van der Waals surface area contributed by atoms with Crippen LogP contribution in [0.2, 0.25) is 0 Å². The molecule has 1 N–H and O–H groups in total. The van der Waals surface area contributed by atoms with Gasteiger partial charge in [-0.25, -0.2) is 4.79 Å². The third-order valence-electron chi connectivity index (χ3n) is 4.30. The number of hydrogen-bond donors (Lipinski definition) is 1. The number of ether oxygens (including phenoxy) is 3. The van der Waals surface area contributed by atoms with Gasteiger partial charge in [0.2, 0.25) is 0 Å². The number of amides is 1. The highest BCUT2D eigenvalue weighted by Gasteiger charge is 2.93. The van der Waals surface area contributed by atoms with Crippen LogP contribution in [0.25, 0.3) is 0 Å². The maximum Gasteiger partial charge on any atom is 0.460 e. The van der Waals surface area contributed by atoms with Gasteiger partial charge in [-0.15, -0.1) is 11.3 Å². The SMILES string of the molecule is O=C(NC(F)(F)C(F)(F)C(F)(F)C(F)(F)C(F)(F)C(F)(F)C(F)(F)F)OCC1COc2cscc2O1. The van der Waals surface area contributed by atoms with Crippen LogP contribution in [0, 0.1) is 0 Å². The Morgan fingerprint density at radius 3 is 1.81 bits per heavy atom. The third-order valence-corrected chi connectivity index (χ3v) is 5.00. The molecule has 1 aromatic heterocycles. The van der Waals surface area contributed by atoms with Crippen LogP contribution in [0.1, 0.15) is 0 Å². The standard InChI is InChI=1S/C15H8F15NO4S/c16-9(17,10(18,19)12(22,23)14(26,27)28)11(20,21)13(24,25)15(29,30)31-8(32)34-2-5-1-33-6-3-36-4-7(6)35-5/h3-5H,1-2H2,(H,31,32). The third kappa shape index (κ3) is 4.53. The molecule has 1 atom stereocenters. The van der Waals surface area contributed by atoms with Gasteiger partial charge in [-0.3, -0.25) is 5.32 Å². The second-order valence-corrected chi connectivity index (χ2v) is 7.56. The molecule has 5 nitrogen and oxygen atoms in total. The molecule has 1 aliphatic rings. The van der Waals surface area contributed by atoms with Crippen molar-refractivity contribution in [3.05, 3.63) is 10.8 Å². The first-order valence-corrected chi connectivity index (χ1v) is 9.52. The number of carbonyl (C=O) groups excluding carboxylic acids is 1. The molecule has 1 aliphatic heterocycles. The summed E-state index contributed by atoms with van der Waals surface area (Å²) in [6.45, 7) is -1.55. The van der Waals surface area contributed by atoms with Crippen molar-refractivity contribution < 1.29 is 84.9 Å². The van der Waals surface area contributed by atoms with Crippen LogP contribution in [-0.4, -0.2) is 67.2 Å². The first-order chi connectivity index (χ1) is 15.9. The van der Waals surface area contributed by atoms with E-state index in [9.17, 15) is 70.7 Å². The van der Waals surface area contributed by atoms with Gasteiger partial charge in [-0.1, -0.05) is 0 Å². The molecule has 208 valence electrons. The normalized spacial score (nSPS) is 18.1. The van der Waals surface area contributed by atoms with Crippen molar-refractivity contribution in [2.45, 2.75) is 47.9 Å². The number of hydrogen-bond acceptors (Lipinski definition) is 5. The molecule has 0 aliphatic carbocycles. The van der Waals surface area contributed by atoms with E-state index >= 15 is 0 Å². The van der Waals surface area contributed by atoms with Gasteiger partial charge < -0.3 is 14.2 Å². The molecule has 36 heavy (non-hydrogen) atoms. The maximum absolute atomic E-state index is 13.6. The summed E-state index contributed by atoms with van der Waals surface area (Å²) >= 11 is 1.05. The van der Waals surface area contributed by atoms with E-state index in [1.165, 1.54) is 10.8 Å². The molecule has 21 heteroatoms. The molecule has 0 spiro atoms. The fourth-order valence-electron chi connectivity index (χ4n) is 2.32. The Bertz CT molecular complexity index is 961. The van der Waals surface area contributed by atoms with Gasteiger partial charge >= 0.3 is 47.9 Å². The Balaban J connectivity index is 2.19. The van der Waals surface area contributed by atoms with Crippen LogP contribution in [-0.2, 0) is 4.74 Å². The van der Waals surface area contributed by atoms with Crippen molar-refractivity contribution in [3.8, 4) is 11.5 Å². The van der Waals surface area contributed by atoms with Gasteiger partial charge in [-0.2, -0.15) is 65.9 Å². The summed E-state index contributed by atoms with van der Waals surface area (Å²) in [5, 5.41) is 2.42. The molecule has 0 saturated heterocycles. The molecule has 0 aromatic carbocycles. The molecule has 0 radical (unpaired) electrons. The van der Waals surface area contributed by atoms with Crippen molar-refractivity contribution >= 4 is 17.4 Å². The van der Waals surface area contributed by atoms with Gasteiger partial charge in [-0.05, 0) is 0 Å². The average Bonchev–Trinajstić information content (AvgIpc) is 3.18. The number of halogens is 15. The summed E-state index contributed by atoms with van der Waals surface area (Å²) in [5.74, 6) is -40.9. The first kappa shape index (κ1) is 29.7. The van der Waals surface area contributed by atoms with Crippen LogP contribution in [0.15, 0.2) is 10.8 Å². The number of rotatable bonds is 8. The van der Waals surface area contributed by atoms with E-state index in [2.05, 4.69) is 4.74 Å². The smallest absolute Gasteiger partial charge is 0.460 e. The summed E-state index contributed by atoms with van der Waals surface area (Å²) in [7, 11) is 0. The fourth-order valence-corrected chi connectivity index (χ4v) is 2.99. The number of nitrogens with one attached hydrogen (secondary N) is 1. The van der Waals surface area contributed by atoms with Gasteiger partial charge in [0.15, 0.2) is 17.6 Å². The summed E-state index contributed by atoms with van der Waals surface area (Å²) in [6.07, 6.45) is -11.8. The molecule has 2 rings (SSSR count). The van der Waals surface area contributed by atoms with E-state index in [1.54, 1.807) is 0 Å². The van der Waals surface area contributed by atoms with Gasteiger partial charge in [0.05, 0.1) is 0 Å². The zero-order valence-corrected chi connectivity index (χ0v) is 17.2. The number of alkyl carbamates (subject to hydrolysis) is 1. The quantitative estimate of drug-likeness (QED) is 0.304. The second-order valence-electron chi connectivity index (χ2n) is 6.82. The van der Waals surface area contributed by atoms with Crippen molar-refractivity contribution in [3.63, 3.8) is 0 Å². The summed E-state index contributed by atoms with van der Waals surface area (Å²) in [4.78, 5) is 11.3. The highest BCUT2D eigenvalue weighted by atomic mass is 32.1. The maximum atomic E-state index is 13.6. The van der Waals surface area contributed by atoms with E-state index in [0.29, 0.717) is 0 Å². The van der Waals surface area contributed by atoms with Crippen molar-refractivity contribution in [2.24, 2.45) is 0 Å². The van der Waals surface area contributed by atoms with E-state index in [-0.39, 0.29) is 16.8 Å². The Morgan fingerprint density at radius 2 is 1.28 bits per heavy atom. The Morgan fingerprint density at radius 1 is 0.806 bits per heavy atom. The highest BCUT2D eigenvalue weighted by molar-refractivity contribution is 7.08. The van der Waals surface area contributed by atoms with E-state index in [4.69, 9.17) is 9.47 Å². The summed E-state index contributed by atoms with van der Waals surface area (Å²) in [6, 6.07) is -6.97. The predicted octanol–water partition coefficient (Wildman–Crippen LogP) is 5.95. The minimum Gasteiger partial charge on any atom is -0.485 e. The van der Waals surface area contributed by atoms with E-state index in [1.807, 2.05) is 0 Å². The van der Waals surface area contributed by atoms with Gasteiger partial charge in [0.25, 0.3) is 0 Å². The highest BCUT2D eigenvalue weighted by Crippen LogP contribution is 2.62. The monoisotopic (exact) mass is 583 g/mol. The molecule has 0 bridgehead atoms. The topological polar surface area (TPSA) is 56.8 Å². The van der Waals surface area contributed by atoms with Crippen LogP contribution < -0.4 is 14.8 Å². The van der Waals surface area contributed by atoms with E-state index in [0.717, 1.165) is 11.3 Å². The number of thiophene rings is 1. The molecular formula is C15H8F15NO4S. The minimum absolute atomic E-state index is 0.0515. The molecule has 0 fully saturated rings. The lowest BCUT2D eigenvalue weighted by molar-refractivity contribution is -0.453. The van der Waals surface area contributed by atoms with Crippen LogP contribution >= 0.6 is 11.3 Å². The Labute approximate surface area is 192 Å². The molecular weight excluding hydrogens is 575 g/mol. The van der Waals surface area contributed by atoms with Crippen molar-refractivity contribution in [1.29, 1.82) is 0 Å². The molecule has 1 unspecified atom stereocenters. The van der Waals surface area contributed by atoms with E-state index < -0.39 is 67.2 Å². The fraction of sp³-hybridized carbons (Fsp3) is 0.667. The number of fused-ring (bicyclic) bond motifs is 1. The number of alkyl halides is 15. The van der Waals surface area contributed by atoms with Crippen molar-refractivity contribution in [2.75, 3.05) is 13.2 Å². The Hall–Kier alpha value is -2.48. The Kier molecular flexibility index (Phi) is 7.29. The van der Waals surface area contributed by atoms with Crippen LogP contribution in [0.5, 0.6) is 11.5 Å². The van der Waals surface area contributed by atoms with Crippen LogP contribution in [0.4, 0.5) is 70.7 Å². The van der Waals surface area contributed by atoms with Gasteiger partial charge in [0, 0.05) is 10.8 Å². The van der Waals surface area contributed by atoms with Gasteiger partial charge in [0.1, 0.15) is 13.2 Å². The zero-order chi connectivity index (χ0) is 28.2. The van der Waals surface area contributed by atoms with Crippen LogP contribution in [0.3, 0.4) is 0 Å². The molecule has 2 heterocycles. The zero-order valence-electron chi connectivity index (χ0n) is 16.4. The minimum atomic E-state index is -8.46. The lowest BCUT2D eigenvalue weighted by atomic mass is 9.93.